The van der Waals surface area contributed by atoms with Crippen LogP contribution in [-0.2, 0) is 6.54 Å². The molecule has 2 aromatic heterocycles. The summed E-state index contributed by atoms with van der Waals surface area (Å²) >= 11 is 0. The monoisotopic (exact) mass is 325 g/mol. The minimum absolute atomic E-state index is 0.139. The van der Waals surface area contributed by atoms with Gasteiger partial charge in [0, 0.05) is 18.3 Å². The Labute approximate surface area is 136 Å². The van der Waals surface area contributed by atoms with Crippen molar-refractivity contribution in [3.05, 3.63) is 52.4 Å². The molecule has 24 heavy (non-hydrogen) atoms. The second-order valence-corrected chi connectivity index (χ2v) is 5.28. The number of fused-ring (bicyclic) bond motifs is 1. The summed E-state index contributed by atoms with van der Waals surface area (Å²) < 4.78 is 1.27. The molecule has 0 saturated carbocycles. The van der Waals surface area contributed by atoms with E-state index in [1.54, 1.807) is 0 Å². The Morgan fingerprint density at radius 2 is 1.96 bits per heavy atom. The molecule has 0 amide bonds. The average Bonchev–Trinajstić information content (AvgIpc) is 2.58. The number of aromatic nitrogens is 3. The Morgan fingerprint density at radius 3 is 2.58 bits per heavy atom. The minimum Gasteiger partial charge on any atom is -0.506 e. The molecule has 3 rings (SSSR count). The number of aromatic hydroxyl groups is 1. The first-order valence-electron chi connectivity index (χ1n) is 7.45. The van der Waals surface area contributed by atoms with Gasteiger partial charge in [-0.05, 0) is 6.42 Å². The summed E-state index contributed by atoms with van der Waals surface area (Å²) in [4.78, 5) is 32.3. The molecule has 0 aliphatic heterocycles. The number of nitrogens with zero attached hydrogens (tertiary/aromatic N) is 3. The SMILES string of the molecule is CCCn1c(=O)c(C(=O)O)c(O)c2cnc(-c3ccccc3)nc21. The molecule has 122 valence electrons. The maximum absolute atomic E-state index is 12.4. The summed E-state index contributed by atoms with van der Waals surface area (Å²) in [6.07, 6.45) is 1.96. The summed E-state index contributed by atoms with van der Waals surface area (Å²) in [5.41, 5.74) is -0.450. The molecule has 0 unspecified atom stereocenters. The molecule has 0 saturated heterocycles. The summed E-state index contributed by atoms with van der Waals surface area (Å²) in [6.45, 7) is 2.16. The van der Waals surface area contributed by atoms with Crippen LogP contribution in [0.1, 0.15) is 23.7 Å². The second-order valence-electron chi connectivity index (χ2n) is 5.28. The van der Waals surface area contributed by atoms with Gasteiger partial charge in [-0.25, -0.2) is 14.8 Å². The van der Waals surface area contributed by atoms with Crippen LogP contribution in [0.25, 0.3) is 22.4 Å². The van der Waals surface area contributed by atoms with Gasteiger partial charge in [0.2, 0.25) is 0 Å². The molecular weight excluding hydrogens is 310 g/mol. The van der Waals surface area contributed by atoms with Gasteiger partial charge in [-0.1, -0.05) is 37.3 Å². The van der Waals surface area contributed by atoms with E-state index in [9.17, 15) is 19.8 Å². The smallest absolute Gasteiger partial charge is 0.345 e. The highest BCUT2D eigenvalue weighted by Gasteiger charge is 2.22. The zero-order chi connectivity index (χ0) is 17.3. The highest BCUT2D eigenvalue weighted by atomic mass is 16.4. The largest absolute Gasteiger partial charge is 0.506 e. The molecule has 2 heterocycles. The van der Waals surface area contributed by atoms with Crippen LogP contribution in [-0.4, -0.2) is 30.7 Å². The van der Waals surface area contributed by atoms with Crippen LogP contribution in [0.2, 0.25) is 0 Å². The van der Waals surface area contributed by atoms with Crippen molar-refractivity contribution in [1.29, 1.82) is 0 Å². The lowest BCUT2D eigenvalue weighted by Crippen LogP contribution is -2.27. The number of pyridine rings is 1. The Hall–Kier alpha value is -3.22. The van der Waals surface area contributed by atoms with E-state index in [1.807, 2.05) is 37.3 Å². The summed E-state index contributed by atoms with van der Waals surface area (Å²) in [5, 5.41) is 19.5. The number of hydrogen-bond donors (Lipinski definition) is 2. The molecule has 0 bridgehead atoms. The summed E-state index contributed by atoms with van der Waals surface area (Å²) in [7, 11) is 0. The lowest BCUT2D eigenvalue weighted by Gasteiger charge is -2.12. The van der Waals surface area contributed by atoms with Crippen LogP contribution >= 0.6 is 0 Å². The Bertz CT molecular complexity index is 981. The fourth-order valence-electron chi connectivity index (χ4n) is 2.56. The van der Waals surface area contributed by atoms with Crippen molar-refractivity contribution in [2.24, 2.45) is 0 Å². The molecule has 0 radical (unpaired) electrons. The van der Waals surface area contributed by atoms with E-state index in [0.717, 1.165) is 5.56 Å². The first-order chi connectivity index (χ1) is 11.5. The van der Waals surface area contributed by atoms with Gasteiger partial charge in [-0.2, -0.15) is 0 Å². The third-order valence-corrected chi connectivity index (χ3v) is 3.67. The predicted molar refractivity (Wildman–Crippen MR) is 88.1 cm³/mol. The van der Waals surface area contributed by atoms with E-state index in [-0.39, 0.29) is 11.0 Å². The van der Waals surface area contributed by atoms with Crippen LogP contribution in [0.5, 0.6) is 5.75 Å². The summed E-state index contributed by atoms with van der Waals surface area (Å²) in [5.74, 6) is -1.68. The molecule has 2 N–H and O–H groups in total. The van der Waals surface area contributed by atoms with Crippen LogP contribution in [0.4, 0.5) is 0 Å². The third-order valence-electron chi connectivity index (χ3n) is 3.67. The number of aryl methyl sites for hydroxylation is 1. The van der Waals surface area contributed by atoms with Gasteiger partial charge < -0.3 is 10.2 Å². The number of hydrogen-bond acceptors (Lipinski definition) is 5. The van der Waals surface area contributed by atoms with Crippen molar-refractivity contribution < 1.29 is 15.0 Å². The third kappa shape index (κ3) is 2.50. The van der Waals surface area contributed by atoms with Crippen molar-refractivity contribution in [1.82, 2.24) is 14.5 Å². The fraction of sp³-hybridized carbons (Fsp3) is 0.176. The van der Waals surface area contributed by atoms with Crippen molar-refractivity contribution in [2.45, 2.75) is 19.9 Å². The number of carbonyl (C=O) groups is 1. The number of aromatic carboxylic acids is 1. The molecule has 0 aliphatic rings. The highest BCUT2D eigenvalue weighted by Crippen LogP contribution is 2.26. The van der Waals surface area contributed by atoms with E-state index in [1.165, 1.54) is 10.8 Å². The lowest BCUT2D eigenvalue weighted by atomic mass is 10.1. The normalized spacial score (nSPS) is 10.9. The van der Waals surface area contributed by atoms with Crippen molar-refractivity contribution in [3.63, 3.8) is 0 Å². The maximum atomic E-state index is 12.4. The highest BCUT2D eigenvalue weighted by molar-refractivity contribution is 5.97. The van der Waals surface area contributed by atoms with Gasteiger partial charge in [0.1, 0.15) is 5.75 Å². The van der Waals surface area contributed by atoms with E-state index in [4.69, 9.17) is 0 Å². The van der Waals surface area contributed by atoms with Gasteiger partial charge in [-0.15, -0.1) is 0 Å². The number of carboxylic acids is 1. The maximum Gasteiger partial charge on any atom is 0.345 e. The molecule has 7 nitrogen and oxygen atoms in total. The Balaban J connectivity index is 2.37. The number of carboxylic acid groups (broad SMARTS) is 1. The molecule has 0 aliphatic carbocycles. The van der Waals surface area contributed by atoms with Crippen molar-refractivity contribution >= 4 is 17.0 Å². The van der Waals surface area contributed by atoms with E-state index >= 15 is 0 Å². The predicted octanol–water partition coefficient (Wildman–Crippen LogP) is 2.27. The average molecular weight is 325 g/mol. The number of benzene rings is 1. The van der Waals surface area contributed by atoms with E-state index < -0.39 is 22.8 Å². The van der Waals surface area contributed by atoms with Crippen LogP contribution in [0.3, 0.4) is 0 Å². The molecular formula is C17H15N3O4. The van der Waals surface area contributed by atoms with Gasteiger partial charge >= 0.3 is 5.97 Å². The lowest BCUT2D eigenvalue weighted by molar-refractivity contribution is 0.0691. The first kappa shape index (κ1) is 15.7. The van der Waals surface area contributed by atoms with Gasteiger partial charge in [0.25, 0.3) is 5.56 Å². The molecule has 0 atom stereocenters. The van der Waals surface area contributed by atoms with Crippen molar-refractivity contribution in [2.75, 3.05) is 0 Å². The zero-order valence-electron chi connectivity index (χ0n) is 12.9. The van der Waals surface area contributed by atoms with Crippen molar-refractivity contribution in [3.8, 4) is 17.1 Å². The fourth-order valence-corrected chi connectivity index (χ4v) is 2.56. The van der Waals surface area contributed by atoms with Crippen LogP contribution in [0, 0.1) is 0 Å². The Kier molecular flexibility index (Phi) is 3.99. The molecule has 7 heteroatoms. The minimum atomic E-state index is -1.48. The van der Waals surface area contributed by atoms with E-state index in [2.05, 4.69) is 9.97 Å². The van der Waals surface area contributed by atoms with Gasteiger partial charge in [0.05, 0.1) is 5.39 Å². The van der Waals surface area contributed by atoms with Gasteiger partial charge in [0.15, 0.2) is 17.0 Å². The molecule has 0 fully saturated rings. The number of rotatable bonds is 4. The van der Waals surface area contributed by atoms with E-state index in [0.29, 0.717) is 18.8 Å². The Morgan fingerprint density at radius 1 is 1.25 bits per heavy atom. The zero-order valence-corrected chi connectivity index (χ0v) is 12.9. The molecule has 1 aromatic carbocycles. The molecule has 3 aromatic rings. The quantitative estimate of drug-likeness (QED) is 0.762. The topological polar surface area (TPSA) is 105 Å². The van der Waals surface area contributed by atoms with Gasteiger partial charge in [-0.3, -0.25) is 9.36 Å². The van der Waals surface area contributed by atoms with Crippen LogP contribution < -0.4 is 5.56 Å². The first-order valence-corrected chi connectivity index (χ1v) is 7.45. The van der Waals surface area contributed by atoms with Crippen LogP contribution in [0.15, 0.2) is 41.3 Å². The standard InChI is InChI=1S/C17H15N3O4/c1-2-8-20-15-11(13(21)12(16(20)22)17(23)24)9-18-14(19-15)10-6-4-3-5-7-10/h3-7,9,21H,2,8H2,1H3,(H,23,24). The summed E-state index contributed by atoms with van der Waals surface area (Å²) in [6, 6.07) is 9.20. The molecule has 0 spiro atoms. The second kappa shape index (κ2) is 6.11.